The Morgan fingerprint density at radius 2 is 1.89 bits per heavy atom. The lowest BCUT2D eigenvalue weighted by Gasteiger charge is -2.35. The number of hydrogen-bond acceptors (Lipinski definition) is 8. The van der Waals surface area contributed by atoms with Crippen LogP contribution in [0.3, 0.4) is 0 Å². The summed E-state index contributed by atoms with van der Waals surface area (Å²) in [4.78, 5) is 33.6. The lowest BCUT2D eigenvalue weighted by Crippen LogP contribution is -2.62. The van der Waals surface area contributed by atoms with Crippen molar-refractivity contribution in [2.75, 3.05) is 32.0 Å². The van der Waals surface area contributed by atoms with Gasteiger partial charge >= 0.3 is 0 Å². The van der Waals surface area contributed by atoms with Crippen LogP contribution >= 0.6 is 22.9 Å². The van der Waals surface area contributed by atoms with Gasteiger partial charge in [-0.05, 0) is 68.3 Å². The van der Waals surface area contributed by atoms with Gasteiger partial charge in [-0.1, -0.05) is 18.5 Å². The molecule has 2 aliphatic heterocycles. The molecule has 0 spiro atoms. The Balaban J connectivity index is 1.15. The summed E-state index contributed by atoms with van der Waals surface area (Å²) in [6, 6.07) is 9.03. The molecular weight excluding hydrogens is 631 g/mol. The summed E-state index contributed by atoms with van der Waals surface area (Å²) in [5.41, 5.74) is 1.11. The minimum atomic E-state index is -4.14. The third kappa shape index (κ3) is 7.73. The summed E-state index contributed by atoms with van der Waals surface area (Å²) in [5.74, 6) is -1.09. The van der Waals surface area contributed by atoms with Crippen molar-refractivity contribution in [3.63, 3.8) is 0 Å². The quantitative estimate of drug-likeness (QED) is 0.318. The van der Waals surface area contributed by atoms with Crippen molar-refractivity contribution in [1.82, 2.24) is 24.2 Å². The second-order valence-electron chi connectivity index (χ2n) is 10.7. The Kier molecular flexibility index (Phi) is 10.2. The predicted molar refractivity (Wildman–Crippen MR) is 167 cm³/mol. The van der Waals surface area contributed by atoms with Crippen LogP contribution in [0.25, 0.3) is 10.6 Å². The average molecular weight is 665 g/mol. The lowest BCUT2D eigenvalue weighted by atomic mass is 10.1. The number of nitrogens with zero attached hydrogens (tertiary/aromatic N) is 3. The molecule has 2 fully saturated rings. The minimum Gasteiger partial charge on any atom is -0.490 e. The first-order valence-corrected chi connectivity index (χ1v) is 16.9. The van der Waals surface area contributed by atoms with Crippen molar-refractivity contribution in [3.05, 3.63) is 64.4 Å². The number of halogens is 2. The van der Waals surface area contributed by atoms with Crippen molar-refractivity contribution >= 4 is 50.6 Å². The van der Waals surface area contributed by atoms with Gasteiger partial charge in [0.25, 0.3) is 10.2 Å². The summed E-state index contributed by atoms with van der Waals surface area (Å²) < 4.78 is 48.3. The van der Waals surface area contributed by atoms with E-state index in [1.54, 1.807) is 6.20 Å². The number of amides is 2. The van der Waals surface area contributed by atoms with Crippen LogP contribution in [0.1, 0.15) is 31.1 Å². The van der Waals surface area contributed by atoms with Crippen LogP contribution in [0.5, 0.6) is 5.75 Å². The molecule has 2 saturated heterocycles. The number of piperidine rings is 1. The van der Waals surface area contributed by atoms with E-state index in [0.717, 1.165) is 64.0 Å². The first-order chi connectivity index (χ1) is 21.0. The highest BCUT2D eigenvalue weighted by atomic mass is 35.5. The number of likely N-dealkylation sites (N-methyl/N-ethyl adjacent to an activating group) is 1. The van der Waals surface area contributed by atoms with E-state index in [1.807, 2.05) is 24.3 Å². The standard InChI is InChI=1S/C29H34ClFN6O5S2/c1-3-37-12-10-21(11-13-37)42-20-7-4-18(5-8-20)29-33-17-22(43-29)16-32-27(38)25-15-26(36(2)44(40,41)35-25)28(39)34-19-6-9-24(31)23(30)14-19/h4-9,14,17,21,25-26,35H,3,10-13,15-16H2,1-2H3,(H,32,38)(H,34,39). The first-order valence-electron chi connectivity index (χ1n) is 14.3. The summed E-state index contributed by atoms with van der Waals surface area (Å²) >= 11 is 7.19. The molecule has 5 rings (SSSR count). The van der Waals surface area contributed by atoms with E-state index in [2.05, 4.69) is 32.2 Å². The van der Waals surface area contributed by atoms with Crippen molar-refractivity contribution in [3.8, 4) is 16.3 Å². The van der Waals surface area contributed by atoms with Gasteiger partial charge in [0.05, 0.1) is 11.6 Å². The summed E-state index contributed by atoms with van der Waals surface area (Å²) in [5, 5.41) is 5.86. The lowest BCUT2D eigenvalue weighted by molar-refractivity contribution is -0.124. The van der Waals surface area contributed by atoms with Crippen molar-refractivity contribution in [2.45, 2.75) is 50.9 Å². The number of aromatic nitrogens is 1. The third-order valence-electron chi connectivity index (χ3n) is 7.75. The summed E-state index contributed by atoms with van der Waals surface area (Å²) in [7, 11) is -2.89. The highest BCUT2D eigenvalue weighted by Crippen LogP contribution is 2.28. The van der Waals surface area contributed by atoms with E-state index < -0.39 is 39.9 Å². The number of thiazole rings is 1. The first kappa shape index (κ1) is 32.3. The van der Waals surface area contributed by atoms with Crippen LogP contribution in [-0.4, -0.2) is 79.3 Å². The van der Waals surface area contributed by atoms with Crippen LogP contribution in [0.15, 0.2) is 48.7 Å². The smallest absolute Gasteiger partial charge is 0.280 e. The van der Waals surface area contributed by atoms with Gasteiger partial charge in [0.2, 0.25) is 11.8 Å². The van der Waals surface area contributed by atoms with Gasteiger partial charge in [0.1, 0.15) is 34.8 Å². The highest BCUT2D eigenvalue weighted by Gasteiger charge is 2.42. The van der Waals surface area contributed by atoms with E-state index in [4.69, 9.17) is 16.3 Å². The molecule has 2 aromatic carbocycles. The number of likely N-dealkylation sites (tertiary alicyclic amines) is 1. The highest BCUT2D eigenvalue weighted by molar-refractivity contribution is 7.87. The Bertz CT molecular complexity index is 1600. The topological polar surface area (TPSA) is 133 Å². The molecule has 3 N–H and O–H groups in total. The Labute approximate surface area is 264 Å². The molecule has 0 aliphatic carbocycles. The molecule has 0 saturated carbocycles. The fourth-order valence-corrected chi connectivity index (χ4v) is 7.40. The number of benzene rings is 2. The molecule has 2 amide bonds. The maximum Gasteiger partial charge on any atom is 0.280 e. The number of carbonyl (C=O) groups is 2. The third-order valence-corrected chi connectivity index (χ3v) is 10.7. The van der Waals surface area contributed by atoms with Gasteiger partial charge in [0.15, 0.2) is 0 Å². The largest absolute Gasteiger partial charge is 0.490 e. The van der Waals surface area contributed by atoms with Crippen LogP contribution < -0.4 is 20.1 Å². The Morgan fingerprint density at radius 1 is 1.16 bits per heavy atom. The molecule has 44 heavy (non-hydrogen) atoms. The molecule has 0 radical (unpaired) electrons. The van der Waals surface area contributed by atoms with Crippen molar-refractivity contribution < 1.29 is 27.1 Å². The van der Waals surface area contributed by atoms with Gasteiger partial charge in [-0.25, -0.2) is 9.37 Å². The van der Waals surface area contributed by atoms with Crippen LogP contribution in [-0.2, 0) is 26.3 Å². The summed E-state index contributed by atoms with van der Waals surface area (Å²) in [6.07, 6.45) is 3.77. The molecular formula is C29H34ClFN6O5S2. The van der Waals surface area contributed by atoms with Crippen LogP contribution in [0.2, 0.25) is 5.02 Å². The van der Waals surface area contributed by atoms with E-state index in [9.17, 15) is 22.4 Å². The molecule has 15 heteroatoms. The predicted octanol–water partition coefficient (Wildman–Crippen LogP) is 3.63. The van der Waals surface area contributed by atoms with Crippen LogP contribution in [0.4, 0.5) is 10.1 Å². The Morgan fingerprint density at radius 3 is 2.57 bits per heavy atom. The van der Waals surface area contributed by atoms with Crippen LogP contribution in [0, 0.1) is 5.82 Å². The molecule has 11 nitrogen and oxygen atoms in total. The maximum atomic E-state index is 13.5. The molecule has 3 aromatic rings. The average Bonchev–Trinajstić information content (AvgIpc) is 3.49. The maximum absolute atomic E-state index is 13.5. The summed E-state index contributed by atoms with van der Waals surface area (Å²) in [6.45, 7) is 5.46. The normalized spacial score (nSPS) is 21.1. The zero-order valence-corrected chi connectivity index (χ0v) is 26.6. The number of ether oxygens (including phenoxy) is 1. The van der Waals surface area contributed by atoms with E-state index >= 15 is 0 Å². The van der Waals surface area contributed by atoms with E-state index in [0.29, 0.717) is 0 Å². The number of carbonyl (C=O) groups excluding carboxylic acids is 2. The van der Waals surface area contributed by atoms with Gasteiger partial charge in [0, 0.05) is 42.5 Å². The van der Waals surface area contributed by atoms with Gasteiger partial charge < -0.3 is 20.3 Å². The van der Waals surface area contributed by atoms with Gasteiger partial charge in [-0.2, -0.15) is 17.4 Å². The monoisotopic (exact) mass is 664 g/mol. The zero-order chi connectivity index (χ0) is 31.4. The fourth-order valence-electron chi connectivity index (χ4n) is 5.11. The molecule has 2 unspecified atom stereocenters. The molecule has 0 bridgehead atoms. The van der Waals surface area contributed by atoms with Gasteiger partial charge in [-0.15, -0.1) is 11.3 Å². The van der Waals surface area contributed by atoms with Crippen molar-refractivity contribution in [2.24, 2.45) is 0 Å². The number of rotatable bonds is 9. The second-order valence-corrected chi connectivity index (χ2v) is 14.0. The fraction of sp³-hybridized carbons (Fsp3) is 0.414. The minimum absolute atomic E-state index is 0.123. The SMILES string of the molecule is CCN1CCC(Oc2ccc(-c3ncc(CNC(=O)C4CC(C(=O)Nc5ccc(F)c(Cl)c5)N(C)S(=O)(=O)N4)s3)cc2)CC1. The number of anilines is 1. The molecule has 2 atom stereocenters. The van der Waals surface area contributed by atoms with E-state index in [1.165, 1.54) is 30.5 Å². The molecule has 2 aliphatic rings. The Hall–Kier alpha value is -3.14. The van der Waals surface area contributed by atoms with E-state index in [-0.39, 0.29) is 29.8 Å². The second kappa shape index (κ2) is 13.9. The molecule has 236 valence electrons. The van der Waals surface area contributed by atoms with Crippen molar-refractivity contribution in [1.29, 1.82) is 0 Å². The zero-order valence-electron chi connectivity index (χ0n) is 24.3. The molecule has 1 aromatic heterocycles. The van der Waals surface area contributed by atoms with Gasteiger partial charge in [-0.3, -0.25) is 9.59 Å². The number of hydrogen-bond donors (Lipinski definition) is 3. The number of nitrogens with one attached hydrogen (secondary N) is 3. The molecule has 3 heterocycles.